The average Bonchev–Trinajstić information content (AvgIpc) is 3.33. The molecule has 1 aromatic carbocycles. The first-order valence-electron chi connectivity index (χ1n) is 13.9. The number of carboxylic acids is 1. The fraction of sp³-hybridized carbons (Fsp3) is 0.483. The Balaban J connectivity index is 1.16. The van der Waals surface area contributed by atoms with Gasteiger partial charge in [-0.15, -0.1) is 11.3 Å². The van der Waals surface area contributed by atoms with Crippen LogP contribution in [-0.4, -0.2) is 84.0 Å². The number of carbonyl (C=O) groups excluding carboxylic acids is 1. The van der Waals surface area contributed by atoms with E-state index in [4.69, 9.17) is 15.5 Å². The zero-order chi connectivity index (χ0) is 28.2. The number of carbonyl (C=O) groups is 2. The van der Waals surface area contributed by atoms with Gasteiger partial charge in [-0.2, -0.15) is 0 Å². The summed E-state index contributed by atoms with van der Waals surface area (Å²) in [5.74, 6) is -0.162. The Morgan fingerprint density at radius 3 is 2.52 bits per heavy atom. The minimum Gasteiger partial charge on any atom is -0.477 e. The predicted octanol–water partition coefficient (Wildman–Crippen LogP) is 3.29. The van der Waals surface area contributed by atoms with Crippen LogP contribution in [0.4, 0.5) is 11.5 Å². The van der Waals surface area contributed by atoms with Crippen molar-refractivity contribution in [1.29, 1.82) is 0 Å². The number of aromatic carboxylic acids is 1. The van der Waals surface area contributed by atoms with Gasteiger partial charge in [0, 0.05) is 49.7 Å². The molecule has 2 aliphatic rings. The van der Waals surface area contributed by atoms with E-state index in [1.807, 2.05) is 12.1 Å². The van der Waals surface area contributed by atoms with Crippen molar-refractivity contribution in [3.05, 3.63) is 51.9 Å². The molecule has 0 spiro atoms. The molecule has 1 atom stereocenters. The number of hydrogen-bond donors (Lipinski definition) is 4. The Morgan fingerprint density at radius 2 is 1.88 bits per heavy atom. The number of pyridine rings is 1. The second kappa shape index (κ2) is 12.5. The van der Waals surface area contributed by atoms with Gasteiger partial charge < -0.3 is 35.8 Å². The van der Waals surface area contributed by atoms with Gasteiger partial charge in [0.25, 0.3) is 5.91 Å². The molecule has 5 N–H and O–H groups in total. The first-order chi connectivity index (χ1) is 19.4. The summed E-state index contributed by atoms with van der Waals surface area (Å²) in [6, 6.07) is 9.54. The summed E-state index contributed by atoms with van der Waals surface area (Å²) >= 11 is 1.14. The highest BCUT2D eigenvalue weighted by Gasteiger charge is 2.25. The number of piperidine rings is 1. The molecule has 2 aromatic heterocycles. The van der Waals surface area contributed by atoms with Crippen molar-refractivity contribution in [2.24, 2.45) is 0 Å². The number of nitrogen functional groups attached to an aromatic ring is 1. The summed E-state index contributed by atoms with van der Waals surface area (Å²) in [6.07, 6.45) is 2.87. The minimum absolute atomic E-state index is 0.00505. The highest BCUT2D eigenvalue weighted by molar-refractivity contribution is 7.21. The zero-order valence-corrected chi connectivity index (χ0v) is 23.6. The third-order valence-corrected chi connectivity index (χ3v) is 8.83. The molecule has 1 unspecified atom stereocenters. The number of ether oxygens (including phenoxy) is 1. The molecule has 214 valence electrons. The minimum atomic E-state index is -1.02. The summed E-state index contributed by atoms with van der Waals surface area (Å²) in [5.41, 5.74) is 8.96. The maximum absolute atomic E-state index is 12.7. The van der Waals surface area contributed by atoms with Crippen LogP contribution >= 0.6 is 11.3 Å². The number of anilines is 2. The summed E-state index contributed by atoms with van der Waals surface area (Å²) in [6.45, 7) is 6.48. The Labute approximate surface area is 237 Å². The third-order valence-electron chi connectivity index (χ3n) is 7.74. The van der Waals surface area contributed by atoms with E-state index in [2.05, 4.69) is 23.2 Å². The molecule has 2 fully saturated rings. The number of amides is 1. The van der Waals surface area contributed by atoms with Crippen LogP contribution in [0, 0.1) is 0 Å². The molecular weight excluding hydrogens is 530 g/mol. The molecular formula is C29H37N5O5S. The highest BCUT2D eigenvalue weighted by Crippen LogP contribution is 2.37. The SMILES string of the molecule is CCCc1cc(N2CCC(NCC(O)c3ccc(C(=O)N4CCOCC4)cc3)CC2)nc2sc(C(=O)O)c(N)c12. The van der Waals surface area contributed by atoms with Crippen molar-refractivity contribution >= 4 is 44.9 Å². The molecule has 11 heteroatoms. The predicted molar refractivity (Wildman–Crippen MR) is 156 cm³/mol. The van der Waals surface area contributed by atoms with Crippen LogP contribution in [0.5, 0.6) is 0 Å². The van der Waals surface area contributed by atoms with E-state index in [0.29, 0.717) is 48.9 Å². The Kier molecular flexibility index (Phi) is 8.84. The van der Waals surface area contributed by atoms with E-state index in [-0.39, 0.29) is 16.8 Å². The van der Waals surface area contributed by atoms with Crippen LogP contribution in [0.1, 0.15) is 63.4 Å². The van der Waals surface area contributed by atoms with Crippen molar-refractivity contribution in [3.8, 4) is 0 Å². The number of morpholine rings is 1. The Morgan fingerprint density at radius 1 is 1.18 bits per heavy atom. The molecule has 0 aliphatic carbocycles. The lowest BCUT2D eigenvalue weighted by atomic mass is 10.0. The number of carboxylic acid groups (broad SMARTS) is 1. The van der Waals surface area contributed by atoms with Gasteiger partial charge in [-0.25, -0.2) is 9.78 Å². The number of fused-ring (bicyclic) bond motifs is 1. The van der Waals surface area contributed by atoms with Crippen molar-refractivity contribution < 1.29 is 24.5 Å². The third kappa shape index (κ3) is 6.07. The van der Waals surface area contributed by atoms with E-state index in [1.54, 1.807) is 17.0 Å². The van der Waals surface area contributed by atoms with E-state index in [9.17, 15) is 19.8 Å². The highest BCUT2D eigenvalue weighted by atomic mass is 32.1. The number of nitrogens with zero attached hydrogens (tertiary/aromatic N) is 3. The second-order valence-electron chi connectivity index (χ2n) is 10.4. The smallest absolute Gasteiger partial charge is 0.348 e. The first-order valence-corrected chi connectivity index (χ1v) is 14.8. The first kappa shape index (κ1) is 28.3. The maximum Gasteiger partial charge on any atom is 0.348 e. The lowest BCUT2D eigenvalue weighted by molar-refractivity contribution is 0.0303. The van der Waals surface area contributed by atoms with Crippen LogP contribution in [-0.2, 0) is 11.2 Å². The van der Waals surface area contributed by atoms with Gasteiger partial charge in [0.2, 0.25) is 0 Å². The molecule has 1 amide bonds. The van der Waals surface area contributed by atoms with Gasteiger partial charge in [0.1, 0.15) is 15.5 Å². The van der Waals surface area contributed by atoms with Gasteiger partial charge in [-0.05, 0) is 48.6 Å². The maximum atomic E-state index is 12.7. The largest absolute Gasteiger partial charge is 0.477 e. The molecule has 2 saturated heterocycles. The summed E-state index contributed by atoms with van der Waals surface area (Å²) in [7, 11) is 0. The number of aliphatic hydroxyl groups excluding tert-OH is 1. The van der Waals surface area contributed by atoms with Gasteiger partial charge in [-0.1, -0.05) is 25.5 Å². The number of aromatic nitrogens is 1. The molecule has 3 aromatic rings. The number of thiophene rings is 1. The fourth-order valence-corrected chi connectivity index (χ4v) is 6.45. The molecule has 10 nitrogen and oxygen atoms in total. The molecule has 2 aliphatic heterocycles. The topological polar surface area (TPSA) is 141 Å². The number of aliphatic hydroxyl groups is 1. The van der Waals surface area contributed by atoms with E-state index < -0.39 is 12.1 Å². The number of rotatable bonds is 9. The van der Waals surface area contributed by atoms with Crippen molar-refractivity contribution in [2.75, 3.05) is 56.6 Å². The molecule has 0 bridgehead atoms. The summed E-state index contributed by atoms with van der Waals surface area (Å²) in [5, 5.41) is 24.6. The van der Waals surface area contributed by atoms with Crippen LogP contribution in [0.2, 0.25) is 0 Å². The summed E-state index contributed by atoms with van der Waals surface area (Å²) in [4.78, 5) is 34.0. The van der Waals surface area contributed by atoms with Gasteiger partial charge >= 0.3 is 5.97 Å². The van der Waals surface area contributed by atoms with E-state index in [1.165, 1.54) is 0 Å². The monoisotopic (exact) mass is 567 g/mol. The van der Waals surface area contributed by atoms with Crippen LogP contribution in [0.25, 0.3) is 10.2 Å². The van der Waals surface area contributed by atoms with Crippen molar-refractivity contribution in [1.82, 2.24) is 15.2 Å². The average molecular weight is 568 g/mol. The van der Waals surface area contributed by atoms with Gasteiger partial charge in [-0.3, -0.25) is 4.79 Å². The lowest BCUT2D eigenvalue weighted by Gasteiger charge is -2.34. The number of benzene rings is 1. The second-order valence-corrected chi connectivity index (χ2v) is 11.4. The lowest BCUT2D eigenvalue weighted by Crippen LogP contribution is -2.44. The van der Waals surface area contributed by atoms with Crippen molar-refractivity contribution in [3.63, 3.8) is 0 Å². The molecule has 4 heterocycles. The number of nitrogens with two attached hydrogens (primary N) is 1. The molecule has 0 saturated carbocycles. The van der Waals surface area contributed by atoms with E-state index in [0.717, 1.165) is 72.4 Å². The standard InChI is InChI=1S/C29H37N5O5S/c1-2-3-20-16-23(32-27-24(20)25(30)26(40-27)29(37)38)33-10-8-21(9-11-33)31-17-22(35)18-4-6-19(7-5-18)28(36)34-12-14-39-15-13-34/h4-7,16,21-22,31,35H,2-3,8-15,17,30H2,1H3,(H,37,38). The molecule has 5 rings (SSSR count). The van der Waals surface area contributed by atoms with Gasteiger partial charge in [0.05, 0.1) is 25.0 Å². The normalized spacial score (nSPS) is 17.4. The number of hydrogen-bond acceptors (Lipinski definition) is 9. The fourth-order valence-electron chi connectivity index (χ4n) is 5.48. The molecule has 40 heavy (non-hydrogen) atoms. The van der Waals surface area contributed by atoms with Crippen LogP contribution in [0.3, 0.4) is 0 Å². The van der Waals surface area contributed by atoms with Gasteiger partial charge in [0.15, 0.2) is 0 Å². The number of nitrogens with one attached hydrogen (secondary N) is 1. The van der Waals surface area contributed by atoms with Crippen molar-refractivity contribution in [2.45, 2.75) is 44.8 Å². The summed E-state index contributed by atoms with van der Waals surface area (Å²) < 4.78 is 5.32. The quantitative estimate of drug-likeness (QED) is 0.306. The van der Waals surface area contributed by atoms with Crippen LogP contribution in [0.15, 0.2) is 30.3 Å². The molecule has 0 radical (unpaired) electrons. The zero-order valence-electron chi connectivity index (χ0n) is 22.8. The Bertz CT molecular complexity index is 1350. The van der Waals surface area contributed by atoms with Crippen LogP contribution < -0.4 is 16.0 Å². The Hall–Kier alpha value is -3.25. The van der Waals surface area contributed by atoms with E-state index >= 15 is 0 Å². The number of aryl methyl sites for hydroxylation is 1.